The van der Waals surface area contributed by atoms with E-state index >= 15 is 0 Å². The highest BCUT2D eigenvalue weighted by molar-refractivity contribution is 7.89. The third-order valence-electron chi connectivity index (χ3n) is 4.15. The van der Waals surface area contributed by atoms with Gasteiger partial charge >= 0.3 is 6.03 Å². The molecule has 0 bridgehead atoms. The van der Waals surface area contributed by atoms with Gasteiger partial charge in [-0.15, -0.1) is 0 Å². The summed E-state index contributed by atoms with van der Waals surface area (Å²) in [7, 11) is -3.52. The number of sulfonamides is 1. The molecule has 2 N–H and O–H groups in total. The summed E-state index contributed by atoms with van der Waals surface area (Å²) in [6, 6.07) is 6.27. The minimum atomic E-state index is -3.52. The molecule has 1 heterocycles. The number of benzene rings is 1. The number of hydrogen-bond acceptors (Lipinski definition) is 5. The lowest BCUT2D eigenvalue weighted by Crippen LogP contribution is -2.52. The highest BCUT2D eigenvalue weighted by Gasteiger charge is 2.29. The lowest BCUT2D eigenvalue weighted by Gasteiger charge is -2.33. The molecule has 9 heteroatoms. The van der Waals surface area contributed by atoms with Crippen LogP contribution in [0.25, 0.3) is 0 Å². The Morgan fingerprint density at radius 1 is 1.08 bits per heavy atom. The van der Waals surface area contributed by atoms with Crippen molar-refractivity contribution in [2.24, 2.45) is 0 Å². The number of nitrogens with one attached hydrogen (secondary N) is 2. The first-order valence-corrected chi connectivity index (χ1v) is 10.1. The fourth-order valence-corrected chi connectivity index (χ4v) is 4.06. The maximum atomic E-state index is 12.6. The SMILES string of the molecule is CCCNC(=O)NC(=O)CN1CCN(S(=O)(=O)c2ccc(C)cc2)CC1. The minimum Gasteiger partial charge on any atom is -0.338 e. The number of rotatable bonds is 6. The molecule has 1 fully saturated rings. The average Bonchev–Trinajstić information content (AvgIpc) is 2.60. The van der Waals surface area contributed by atoms with Crippen molar-refractivity contribution in [2.45, 2.75) is 25.2 Å². The van der Waals surface area contributed by atoms with Crippen LogP contribution in [-0.4, -0.2) is 68.8 Å². The van der Waals surface area contributed by atoms with Crippen LogP contribution in [0.4, 0.5) is 4.79 Å². The number of carbonyl (C=O) groups is 2. The van der Waals surface area contributed by atoms with E-state index in [1.807, 2.05) is 18.7 Å². The topological polar surface area (TPSA) is 98.8 Å². The van der Waals surface area contributed by atoms with Crippen molar-refractivity contribution in [1.82, 2.24) is 19.8 Å². The van der Waals surface area contributed by atoms with E-state index in [4.69, 9.17) is 0 Å². The summed E-state index contributed by atoms with van der Waals surface area (Å²) in [5, 5.41) is 4.84. The molecule has 144 valence electrons. The van der Waals surface area contributed by atoms with Gasteiger partial charge in [0.25, 0.3) is 0 Å². The molecule has 26 heavy (non-hydrogen) atoms. The van der Waals surface area contributed by atoms with E-state index in [1.54, 1.807) is 24.3 Å². The van der Waals surface area contributed by atoms with Crippen LogP contribution in [0.15, 0.2) is 29.2 Å². The fraction of sp³-hybridized carbons (Fsp3) is 0.529. The van der Waals surface area contributed by atoms with E-state index in [-0.39, 0.29) is 11.4 Å². The van der Waals surface area contributed by atoms with Gasteiger partial charge in [0.15, 0.2) is 0 Å². The van der Waals surface area contributed by atoms with Crippen LogP contribution in [0.5, 0.6) is 0 Å². The Bertz CT molecular complexity index is 726. The molecule has 1 aliphatic heterocycles. The van der Waals surface area contributed by atoms with Gasteiger partial charge in [-0.3, -0.25) is 15.0 Å². The first-order chi connectivity index (χ1) is 12.3. The van der Waals surface area contributed by atoms with Gasteiger partial charge in [0, 0.05) is 32.7 Å². The van der Waals surface area contributed by atoms with E-state index < -0.39 is 22.0 Å². The fourth-order valence-electron chi connectivity index (χ4n) is 2.64. The second kappa shape index (κ2) is 9.11. The van der Waals surface area contributed by atoms with Crippen LogP contribution < -0.4 is 10.6 Å². The summed E-state index contributed by atoms with van der Waals surface area (Å²) < 4.78 is 26.7. The van der Waals surface area contributed by atoms with Gasteiger partial charge in [-0.25, -0.2) is 13.2 Å². The average molecular weight is 382 g/mol. The molecule has 0 aromatic heterocycles. The van der Waals surface area contributed by atoms with Gasteiger partial charge < -0.3 is 5.32 Å². The summed E-state index contributed by atoms with van der Waals surface area (Å²) in [4.78, 5) is 25.5. The van der Waals surface area contributed by atoms with Crippen LogP contribution in [0.1, 0.15) is 18.9 Å². The van der Waals surface area contributed by atoms with E-state index in [0.717, 1.165) is 12.0 Å². The molecule has 3 amide bonds. The summed E-state index contributed by atoms with van der Waals surface area (Å²) in [5.41, 5.74) is 1.00. The smallest absolute Gasteiger partial charge is 0.321 e. The molecular formula is C17H26N4O4S. The number of urea groups is 1. The van der Waals surface area contributed by atoms with Crippen molar-refractivity contribution in [1.29, 1.82) is 0 Å². The molecule has 0 unspecified atom stereocenters. The summed E-state index contributed by atoms with van der Waals surface area (Å²) in [6.07, 6.45) is 0.791. The van der Waals surface area contributed by atoms with E-state index in [2.05, 4.69) is 10.6 Å². The largest absolute Gasteiger partial charge is 0.338 e. The van der Waals surface area contributed by atoms with Crippen molar-refractivity contribution in [3.05, 3.63) is 29.8 Å². The zero-order chi connectivity index (χ0) is 19.2. The highest BCUT2D eigenvalue weighted by Crippen LogP contribution is 2.18. The molecule has 1 aromatic rings. The number of amides is 3. The van der Waals surface area contributed by atoms with Gasteiger partial charge in [0.05, 0.1) is 11.4 Å². The third-order valence-corrected chi connectivity index (χ3v) is 6.06. The van der Waals surface area contributed by atoms with Crippen LogP contribution in [0.3, 0.4) is 0 Å². The summed E-state index contributed by atoms with van der Waals surface area (Å²) in [5.74, 6) is -0.395. The lowest BCUT2D eigenvalue weighted by molar-refractivity contribution is -0.121. The predicted molar refractivity (Wildman–Crippen MR) is 98.2 cm³/mol. The van der Waals surface area contributed by atoms with Crippen LogP contribution >= 0.6 is 0 Å². The van der Waals surface area contributed by atoms with Crippen molar-refractivity contribution in [3.63, 3.8) is 0 Å². The number of carbonyl (C=O) groups excluding carboxylic acids is 2. The number of piperazine rings is 1. The minimum absolute atomic E-state index is 0.0674. The molecule has 0 atom stereocenters. The Hall–Kier alpha value is -1.97. The predicted octanol–water partition coefficient (Wildman–Crippen LogP) is 0.537. The Morgan fingerprint density at radius 3 is 2.27 bits per heavy atom. The zero-order valence-corrected chi connectivity index (χ0v) is 16.0. The number of hydrogen-bond donors (Lipinski definition) is 2. The Morgan fingerprint density at radius 2 is 1.69 bits per heavy atom. The van der Waals surface area contributed by atoms with Crippen molar-refractivity contribution < 1.29 is 18.0 Å². The van der Waals surface area contributed by atoms with Crippen LogP contribution in [0, 0.1) is 6.92 Å². The second-order valence-electron chi connectivity index (χ2n) is 6.30. The van der Waals surface area contributed by atoms with Gasteiger partial charge in [-0.1, -0.05) is 24.6 Å². The molecular weight excluding hydrogens is 356 g/mol. The number of nitrogens with zero attached hydrogens (tertiary/aromatic N) is 2. The van der Waals surface area contributed by atoms with Crippen LogP contribution in [-0.2, 0) is 14.8 Å². The van der Waals surface area contributed by atoms with Crippen LogP contribution in [0.2, 0.25) is 0 Å². The van der Waals surface area contributed by atoms with Crippen molar-refractivity contribution in [2.75, 3.05) is 39.3 Å². The molecule has 8 nitrogen and oxygen atoms in total. The molecule has 0 spiro atoms. The quantitative estimate of drug-likeness (QED) is 0.748. The standard InChI is InChI=1S/C17H26N4O4S/c1-3-8-18-17(23)19-16(22)13-20-9-11-21(12-10-20)26(24,25)15-6-4-14(2)5-7-15/h4-7H,3,8-13H2,1-2H3,(H2,18,19,22,23). The summed E-state index contributed by atoms with van der Waals surface area (Å²) >= 11 is 0. The maximum absolute atomic E-state index is 12.6. The van der Waals surface area contributed by atoms with E-state index in [9.17, 15) is 18.0 Å². The molecule has 1 aromatic carbocycles. The van der Waals surface area contributed by atoms with Gasteiger partial charge in [-0.2, -0.15) is 4.31 Å². The van der Waals surface area contributed by atoms with Gasteiger partial charge in [-0.05, 0) is 25.5 Å². The number of imide groups is 1. The lowest BCUT2D eigenvalue weighted by atomic mass is 10.2. The zero-order valence-electron chi connectivity index (χ0n) is 15.2. The Balaban J connectivity index is 1.84. The Labute approximate surface area is 154 Å². The molecule has 0 aliphatic carbocycles. The maximum Gasteiger partial charge on any atom is 0.321 e. The molecule has 1 saturated heterocycles. The van der Waals surface area contributed by atoms with E-state index in [1.165, 1.54) is 4.31 Å². The first-order valence-electron chi connectivity index (χ1n) is 8.69. The highest BCUT2D eigenvalue weighted by atomic mass is 32.2. The Kier molecular flexibility index (Phi) is 7.13. The molecule has 1 aliphatic rings. The van der Waals surface area contributed by atoms with Crippen molar-refractivity contribution >= 4 is 22.0 Å². The monoisotopic (exact) mass is 382 g/mol. The van der Waals surface area contributed by atoms with Gasteiger partial charge in [0.2, 0.25) is 15.9 Å². The van der Waals surface area contributed by atoms with Crippen molar-refractivity contribution in [3.8, 4) is 0 Å². The first kappa shape index (κ1) is 20.3. The molecule has 0 radical (unpaired) electrons. The van der Waals surface area contributed by atoms with E-state index in [0.29, 0.717) is 32.7 Å². The normalized spacial score (nSPS) is 16.2. The number of aryl methyl sites for hydroxylation is 1. The molecule has 2 rings (SSSR count). The summed E-state index contributed by atoms with van der Waals surface area (Å²) in [6.45, 7) is 5.91. The van der Waals surface area contributed by atoms with Gasteiger partial charge in [0.1, 0.15) is 0 Å². The third kappa shape index (κ3) is 5.52. The molecule has 0 saturated carbocycles. The second-order valence-corrected chi connectivity index (χ2v) is 8.24.